The maximum Gasteiger partial charge on any atom is 0.332 e. The van der Waals surface area contributed by atoms with Crippen LogP contribution in [0.2, 0.25) is 0 Å². The summed E-state index contributed by atoms with van der Waals surface area (Å²) in [5.74, 6) is 1.87. The Hall–Kier alpha value is -4.76. The van der Waals surface area contributed by atoms with E-state index in [-0.39, 0.29) is 18.5 Å². The van der Waals surface area contributed by atoms with Crippen molar-refractivity contribution in [1.29, 1.82) is 0 Å². The predicted octanol–water partition coefficient (Wildman–Crippen LogP) is 6.60. The molecule has 0 saturated heterocycles. The monoisotopic (exact) mass is 593 g/mol. The van der Waals surface area contributed by atoms with Crippen molar-refractivity contribution in [3.05, 3.63) is 123 Å². The van der Waals surface area contributed by atoms with Crippen molar-refractivity contribution in [1.82, 2.24) is 19.5 Å². The normalized spacial score (nSPS) is 13.0. The van der Waals surface area contributed by atoms with Crippen LogP contribution in [-0.4, -0.2) is 26.3 Å². The predicted molar refractivity (Wildman–Crippen MR) is 158 cm³/mol. The minimum absolute atomic E-state index is 0.114. The van der Waals surface area contributed by atoms with E-state index < -0.39 is 0 Å². The van der Waals surface area contributed by atoms with E-state index in [1.165, 1.54) is 5.56 Å². The number of nitrogens with zero attached hydrogens (tertiary/aromatic N) is 2. The summed E-state index contributed by atoms with van der Waals surface area (Å²) < 4.78 is 13.8. The Balaban J connectivity index is 1.41. The number of aromatic amines is 2. The molecular formula is C31H24BrN5O3. The van der Waals surface area contributed by atoms with Gasteiger partial charge in [-0.15, -0.1) is 0 Å². The average Bonchev–Trinajstić information content (AvgIpc) is 3.71. The van der Waals surface area contributed by atoms with Crippen molar-refractivity contribution in [2.45, 2.75) is 12.5 Å². The lowest BCUT2D eigenvalue weighted by Gasteiger charge is -2.21. The van der Waals surface area contributed by atoms with Gasteiger partial charge in [0, 0.05) is 10.0 Å². The molecule has 0 spiro atoms. The number of anilines is 1. The van der Waals surface area contributed by atoms with Crippen molar-refractivity contribution in [3.63, 3.8) is 0 Å². The number of nitrogens with one attached hydrogen (secondary N) is 3. The number of rotatable bonds is 7. The van der Waals surface area contributed by atoms with Gasteiger partial charge in [0.15, 0.2) is 11.5 Å². The van der Waals surface area contributed by atoms with Gasteiger partial charge in [0.05, 0.1) is 34.8 Å². The van der Waals surface area contributed by atoms with E-state index >= 15 is 0 Å². The third-order valence-electron chi connectivity index (χ3n) is 7.08. The van der Waals surface area contributed by atoms with E-state index in [2.05, 4.69) is 60.5 Å². The molecule has 1 aliphatic rings. The van der Waals surface area contributed by atoms with Crippen LogP contribution in [-0.2, 0) is 6.42 Å². The molecule has 3 N–H and O–H groups in total. The van der Waals surface area contributed by atoms with Gasteiger partial charge in [0.2, 0.25) is 6.79 Å². The Bertz CT molecular complexity index is 1880. The van der Waals surface area contributed by atoms with Gasteiger partial charge in [-0.05, 0) is 63.8 Å². The van der Waals surface area contributed by atoms with Crippen molar-refractivity contribution in [2.24, 2.45) is 0 Å². The second kappa shape index (κ2) is 10.1. The standard InChI is InChI=1S/C31H24BrN5O3/c32-23-16-28-27(39-18-40-28)15-22(23)29-30(36-31(38)37(29)21-11-12-24-26(14-21)34-17-33-24)35-25(20-9-5-2-6-10-20)13-19-7-3-1-4-8-19/h1-12,14-17,25,35H,13,18H2,(H,33,34)(H,36,38). The highest BCUT2D eigenvalue weighted by molar-refractivity contribution is 9.10. The number of benzene rings is 4. The zero-order valence-electron chi connectivity index (χ0n) is 21.2. The van der Waals surface area contributed by atoms with Gasteiger partial charge in [-0.3, -0.25) is 9.55 Å². The fraction of sp³-hybridized carbons (Fsp3) is 0.0968. The van der Waals surface area contributed by atoms with Gasteiger partial charge < -0.3 is 19.8 Å². The maximum absolute atomic E-state index is 13.7. The van der Waals surface area contributed by atoms with Crippen molar-refractivity contribution >= 4 is 32.8 Å². The summed E-state index contributed by atoms with van der Waals surface area (Å²) in [7, 11) is 0. The minimum Gasteiger partial charge on any atom is -0.454 e. The molecule has 0 bridgehead atoms. The summed E-state index contributed by atoms with van der Waals surface area (Å²) in [6, 6.07) is 29.9. The molecule has 0 amide bonds. The zero-order chi connectivity index (χ0) is 27.1. The smallest absolute Gasteiger partial charge is 0.332 e. The highest BCUT2D eigenvalue weighted by Gasteiger charge is 2.26. The second-order valence-electron chi connectivity index (χ2n) is 9.58. The molecule has 7 rings (SSSR count). The number of aromatic nitrogens is 4. The molecule has 40 heavy (non-hydrogen) atoms. The quantitative estimate of drug-likeness (QED) is 0.194. The average molecular weight is 594 g/mol. The van der Waals surface area contributed by atoms with Gasteiger partial charge in [-0.25, -0.2) is 9.78 Å². The van der Waals surface area contributed by atoms with E-state index in [1.807, 2.05) is 66.7 Å². The Morgan fingerprint density at radius 1 is 0.950 bits per heavy atom. The number of fused-ring (bicyclic) bond motifs is 2. The Morgan fingerprint density at radius 2 is 1.70 bits per heavy atom. The molecule has 6 aromatic rings. The van der Waals surface area contributed by atoms with Gasteiger partial charge in [0.25, 0.3) is 0 Å². The van der Waals surface area contributed by atoms with Crippen molar-refractivity contribution < 1.29 is 9.47 Å². The number of halogens is 1. The molecule has 1 aliphatic heterocycles. The number of hydrogen-bond donors (Lipinski definition) is 3. The third-order valence-corrected chi connectivity index (χ3v) is 7.73. The number of ether oxygens (including phenoxy) is 2. The summed E-state index contributed by atoms with van der Waals surface area (Å²) in [6.45, 7) is 0.153. The van der Waals surface area contributed by atoms with Gasteiger partial charge in [-0.2, -0.15) is 0 Å². The van der Waals surface area contributed by atoms with Gasteiger partial charge in [-0.1, -0.05) is 60.7 Å². The molecule has 8 nitrogen and oxygen atoms in total. The van der Waals surface area contributed by atoms with Crippen LogP contribution in [0, 0.1) is 0 Å². The molecule has 0 radical (unpaired) electrons. The molecule has 0 saturated carbocycles. The van der Waals surface area contributed by atoms with Gasteiger partial charge in [0.1, 0.15) is 5.82 Å². The van der Waals surface area contributed by atoms with Crippen LogP contribution in [0.4, 0.5) is 5.82 Å². The number of H-pyrrole nitrogens is 2. The Kier molecular flexibility index (Phi) is 6.13. The highest BCUT2D eigenvalue weighted by atomic mass is 79.9. The zero-order valence-corrected chi connectivity index (χ0v) is 22.8. The van der Waals surface area contributed by atoms with E-state index in [0.29, 0.717) is 28.7 Å². The minimum atomic E-state index is -0.271. The van der Waals surface area contributed by atoms with E-state index in [1.54, 1.807) is 10.9 Å². The molecule has 1 atom stereocenters. The number of imidazole rings is 2. The fourth-order valence-electron chi connectivity index (χ4n) is 5.16. The van der Waals surface area contributed by atoms with Crippen LogP contribution in [0.3, 0.4) is 0 Å². The van der Waals surface area contributed by atoms with Crippen molar-refractivity contribution in [2.75, 3.05) is 12.1 Å². The summed E-state index contributed by atoms with van der Waals surface area (Å²) in [4.78, 5) is 24.3. The summed E-state index contributed by atoms with van der Waals surface area (Å²) in [5, 5.41) is 3.68. The lowest BCUT2D eigenvalue weighted by atomic mass is 9.98. The molecule has 4 aromatic carbocycles. The first-order chi connectivity index (χ1) is 19.6. The molecule has 1 unspecified atom stereocenters. The van der Waals surface area contributed by atoms with E-state index in [0.717, 1.165) is 33.1 Å². The topological polar surface area (TPSA) is 97.0 Å². The maximum atomic E-state index is 13.7. The van der Waals surface area contributed by atoms with Crippen LogP contribution in [0.5, 0.6) is 11.5 Å². The highest BCUT2D eigenvalue weighted by Crippen LogP contribution is 2.43. The van der Waals surface area contributed by atoms with E-state index in [4.69, 9.17) is 9.47 Å². The first-order valence-corrected chi connectivity index (χ1v) is 13.7. The van der Waals surface area contributed by atoms with Crippen LogP contribution in [0.1, 0.15) is 17.2 Å². The van der Waals surface area contributed by atoms with E-state index in [9.17, 15) is 4.79 Å². The first kappa shape index (κ1) is 24.3. The lowest BCUT2D eigenvalue weighted by molar-refractivity contribution is 0.174. The van der Waals surface area contributed by atoms with Crippen LogP contribution in [0.25, 0.3) is 28.0 Å². The SMILES string of the molecule is O=c1[nH]c(NC(Cc2ccccc2)c2ccccc2)c(-c2cc3c(cc2Br)OCO3)n1-c1ccc2nc[nH]c2c1. The Labute approximate surface area is 237 Å². The first-order valence-electron chi connectivity index (χ1n) is 12.9. The van der Waals surface area contributed by atoms with Gasteiger partial charge >= 0.3 is 5.69 Å². The molecule has 198 valence electrons. The summed E-state index contributed by atoms with van der Waals surface area (Å²) in [5.41, 5.74) is 5.82. The molecule has 0 aliphatic carbocycles. The van der Waals surface area contributed by atoms with Crippen LogP contribution in [0.15, 0.2) is 107 Å². The summed E-state index contributed by atoms with van der Waals surface area (Å²) in [6.07, 6.45) is 2.37. The summed E-state index contributed by atoms with van der Waals surface area (Å²) >= 11 is 3.73. The molecule has 0 fully saturated rings. The van der Waals surface area contributed by atoms with Crippen LogP contribution < -0.4 is 20.5 Å². The fourth-order valence-corrected chi connectivity index (χ4v) is 5.67. The Morgan fingerprint density at radius 3 is 2.50 bits per heavy atom. The molecule has 2 aromatic heterocycles. The molecule has 3 heterocycles. The van der Waals surface area contributed by atoms with Crippen molar-refractivity contribution in [3.8, 4) is 28.4 Å². The number of hydrogen-bond acceptors (Lipinski definition) is 5. The lowest BCUT2D eigenvalue weighted by Crippen LogP contribution is -2.16. The van der Waals surface area contributed by atoms with Crippen LogP contribution >= 0.6 is 15.9 Å². The second-order valence-corrected chi connectivity index (χ2v) is 10.4. The molecule has 9 heteroatoms. The third kappa shape index (κ3) is 4.44. The largest absolute Gasteiger partial charge is 0.454 e. The molecular weight excluding hydrogens is 570 g/mol.